The van der Waals surface area contributed by atoms with Crippen molar-refractivity contribution < 1.29 is 9.84 Å². The molecular weight excluding hydrogens is 266 g/mol. The molecule has 0 bridgehead atoms. The van der Waals surface area contributed by atoms with E-state index in [9.17, 15) is 5.11 Å². The lowest BCUT2D eigenvalue weighted by molar-refractivity contribution is -0.0777. The molecule has 1 saturated heterocycles. The summed E-state index contributed by atoms with van der Waals surface area (Å²) in [6.45, 7) is 5.05. The second kappa shape index (κ2) is 6.38. The smallest absolute Gasteiger partial charge is 0.125 e. The molecule has 1 N–H and O–H groups in total. The number of aryl methyl sites for hydroxylation is 1. The van der Waals surface area contributed by atoms with E-state index in [4.69, 9.17) is 4.74 Å². The van der Waals surface area contributed by atoms with Crippen molar-refractivity contribution in [1.29, 1.82) is 0 Å². The third-order valence-corrected chi connectivity index (χ3v) is 4.58. The van der Waals surface area contributed by atoms with Crippen molar-refractivity contribution in [2.45, 2.75) is 50.7 Å². The summed E-state index contributed by atoms with van der Waals surface area (Å²) in [5, 5.41) is 10.7. The molecule has 1 aliphatic heterocycles. The van der Waals surface area contributed by atoms with Gasteiger partial charge < -0.3 is 9.84 Å². The lowest BCUT2D eigenvalue weighted by Gasteiger charge is -2.40. The number of ether oxygens (including phenoxy) is 1. The zero-order valence-corrected chi connectivity index (χ0v) is 12.8. The maximum Gasteiger partial charge on any atom is 0.125 e. The fourth-order valence-electron chi connectivity index (χ4n) is 3.46. The first-order valence-corrected chi connectivity index (χ1v) is 8.01. The molecule has 0 spiro atoms. The molecule has 1 aromatic heterocycles. The zero-order chi connectivity index (χ0) is 14.7. The van der Waals surface area contributed by atoms with Crippen molar-refractivity contribution in [3.63, 3.8) is 0 Å². The molecular formula is C16H25N3O2. The summed E-state index contributed by atoms with van der Waals surface area (Å²) in [6, 6.07) is 1.93. The normalized spacial score (nSPS) is 26.7. The van der Waals surface area contributed by atoms with Gasteiger partial charge in [0.25, 0.3) is 0 Å². The van der Waals surface area contributed by atoms with E-state index >= 15 is 0 Å². The van der Waals surface area contributed by atoms with Gasteiger partial charge in [-0.2, -0.15) is 0 Å². The molecule has 21 heavy (non-hydrogen) atoms. The largest absolute Gasteiger partial charge is 0.389 e. The van der Waals surface area contributed by atoms with Crippen LogP contribution in [-0.2, 0) is 4.74 Å². The lowest BCUT2D eigenvalue weighted by Crippen LogP contribution is -2.49. The topological polar surface area (TPSA) is 58.5 Å². The van der Waals surface area contributed by atoms with Crippen molar-refractivity contribution >= 4 is 0 Å². The van der Waals surface area contributed by atoms with Gasteiger partial charge in [0.15, 0.2) is 0 Å². The van der Waals surface area contributed by atoms with E-state index in [1.165, 1.54) is 6.42 Å². The van der Waals surface area contributed by atoms with Gasteiger partial charge in [-0.05, 0) is 25.8 Å². The highest BCUT2D eigenvalue weighted by Gasteiger charge is 2.33. The molecule has 5 nitrogen and oxygen atoms in total. The lowest BCUT2D eigenvalue weighted by atomic mass is 9.84. The van der Waals surface area contributed by atoms with E-state index in [2.05, 4.69) is 14.9 Å². The van der Waals surface area contributed by atoms with Gasteiger partial charge in [0.05, 0.1) is 17.9 Å². The molecule has 2 fully saturated rings. The van der Waals surface area contributed by atoms with Gasteiger partial charge in [0, 0.05) is 25.8 Å². The van der Waals surface area contributed by atoms with E-state index < -0.39 is 5.60 Å². The third kappa shape index (κ3) is 3.78. The minimum absolute atomic E-state index is 0.00681. The van der Waals surface area contributed by atoms with Crippen LogP contribution < -0.4 is 0 Å². The molecule has 2 aliphatic rings. The van der Waals surface area contributed by atoms with Crippen LogP contribution in [0.25, 0.3) is 0 Å². The quantitative estimate of drug-likeness (QED) is 0.921. The van der Waals surface area contributed by atoms with Crippen LogP contribution in [0.2, 0.25) is 0 Å². The van der Waals surface area contributed by atoms with Gasteiger partial charge in [-0.3, -0.25) is 4.90 Å². The Labute approximate surface area is 126 Å². The molecule has 0 radical (unpaired) electrons. The highest BCUT2D eigenvalue weighted by molar-refractivity contribution is 5.07. The predicted octanol–water partition coefficient (Wildman–Crippen LogP) is 1.85. The SMILES string of the molecule is Cc1nccc(C2CN(CC3(O)CCCCC3)CCO2)n1. The number of hydrogen-bond donors (Lipinski definition) is 1. The molecule has 3 rings (SSSR count). The van der Waals surface area contributed by atoms with E-state index in [1.807, 2.05) is 13.0 Å². The molecule has 1 saturated carbocycles. The van der Waals surface area contributed by atoms with Gasteiger partial charge >= 0.3 is 0 Å². The van der Waals surface area contributed by atoms with Crippen LogP contribution in [0.4, 0.5) is 0 Å². The number of nitrogens with zero attached hydrogens (tertiary/aromatic N) is 3. The monoisotopic (exact) mass is 291 g/mol. The summed E-state index contributed by atoms with van der Waals surface area (Å²) in [5.74, 6) is 0.777. The average molecular weight is 291 g/mol. The maximum atomic E-state index is 10.7. The number of hydrogen-bond acceptors (Lipinski definition) is 5. The molecule has 5 heteroatoms. The molecule has 0 aromatic carbocycles. The van der Waals surface area contributed by atoms with Crippen molar-refractivity contribution in [2.75, 3.05) is 26.2 Å². The van der Waals surface area contributed by atoms with Crippen molar-refractivity contribution in [3.05, 3.63) is 23.8 Å². The first-order valence-electron chi connectivity index (χ1n) is 8.01. The standard InChI is InChI=1S/C16H25N3O2/c1-13-17-8-5-14(18-13)15-11-19(9-10-21-15)12-16(20)6-3-2-4-7-16/h5,8,15,20H,2-4,6-7,9-12H2,1H3. The van der Waals surface area contributed by atoms with Gasteiger partial charge in [-0.1, -0.05) is 19.3 Å². The van der Waals surface area contributed by atoms with Crippen molar-refractivity contribution in [2.24, 2.45) is 0 Å². The summed E-state index contributed by atoms with van der Waals surface area (Å²) in [5.41, 5.74) is 0.449. The van der Waals surface area contributed by atoms with Crippen LogP contribution in [-0.4, -0.2) is 51.8 Å². The Morgan fingerprint density at radius 2 is 2.19 bits per heavy atom. The van der Waals surface area contributed by atoms with E-state index in [0.29, 0.717) is 6.61 Å². The molecule has 0 amide bonds. The first kappa shape index (κ1) is 14.9. The third-order valence-electron chi connectivity index (χ3n) is 4.58. The Kier molecular flexibility index (Phi) is 4.52. The predicted molar refractivity (Wildman–Crippen MR) is 79.9 cm³/mol. The molecule has 1 aliphatic carbocycles. The molecule has 2 heterocycles. The minimum atomic E-state index is -0.498. The second-order valence-corrected chi connectivity index (χ2v) is 6.41. The highest BCUT2D eigenvalue weighted by atomic mass is 16.5. The Morgan fingerprint density at radius 1 is 1.38 bits per heavy atom. The highest BCUT2D eigenvalue weighted by Crippen LogP contribution is 2.30. The Hall–Kier alpha value is -1.04. The van der Waals surface area contributed by atoms with Gasteiger partial charge in [-0.15, -0.1) is 0 Å². The minimum Gasteiger partial charge on any atom is -0.389 e. The van der Waals surface area contributed by atoms with Crippen LogP contribution >= 0.6 is 0 Å². The summed E-state index contributed by atoms with van der Waals surface area (Å²) < 4.78 is 5.86. The summed E-state index contributed by atoms with van der Waals surface area (Å²) in [7, 11) is 0. The summed E-state index contributed by atoms with van der Waals surface area (Å²) in [4.78, 5) is 10.9. The number of aliphatic hydroxyl groups is 1. The van der Waals surface area contributed by atoms with Gasteiger partial charge in [0.2, 0.25) is 0 Å². The summed E-state index contributed by atoms with van der Waals surface area (Å²) in [6.07, 6.45) is 7.20. The van der Waals surface area contributed by atoms with Crippen molar-refractivity contribution in [3.8, 4) is 0 Å². The van der Waals surface area contributed by atoms with E-state index in [1.54, 1.807) is 6.20 Å². The number of rotatable bonds is 3. The molecule has 1 unspecified atom stereocenters. The molecule has 116 valence electrons. The van der Waals surface area contributed by atoms with Gasteiger partial charge in [-0.25, -0.2) is 9.97 Å². The number of morpholine rings is 1. The Morgan fingerprint density at radius 3 is 2.95 bits per heavy atom. The Bertz CT molecular complexity index is 474. The molecule has 1 atom stereocenters. The Balaban J connectivity index is 1.63. The van der Waals surface area contributed by atoms with E-state index in [-0.39, 0.29) is 6.10 Å². The maximum absolute atomic E-state index is 10.7. The van der Waals surface area contributed by atoms with Crippen molar-refractivity contribution in [1.82, 2.24) is 14.9 Å². The number of β-amino-alcohol motifs (C(OH)–C–C–N with tert-alkyl or cyclic N) is 1. The van der Waals surface area contributed by atoms with Crippen LogP contribution in [0.1, 0.15) is 49.7 Å². The fraction of sp³-hybridized carbons (Fsp3) is 0.750. The summed E-state index contributed by atoms with van der Waals surface area (Å²) >= 11 is 0. The van der Waals surface area contributed by atoms with Crippen LogP contribution in [0.5, 0.6) is 0 Å². The average Bonchev–Trinajstić information content (AvgIpc) is 2.48. The van der Waals surface area contributed by atoms with Gasteiger partial charge in [0.1, 0.15) is 11.9 Å². The van der Waals surface area contributed by atoms with Crippen LogP contribution in [0.3, 0.4) is 0 Å². The number of aromatic nitrogens is 2. The fourth-order valence-corrected chi connectivity index (χ4v) is 3.46. The van der Waals surface area contributed by atoms with E-state index in [0.717, 1.165) is 56.8 Å². The molecule has 1 aromatic rings. The first-order chi connectivity index (χ1) is 10.1. The van der Waals surface area contributed by atoms with Crippen LogP contribution in [0, 0.1) is 6.92 Å². The van der Waals surface area contributed by atoms with Crippen LogP contribution in [0.15, 0.2) is 12.3 Å². The zero-order valence-electron chi connectivity index (χ0n) is 12.8. The second-order valence-electron chi connectivity index (χ2n) is 6.41.